The van der Waals surface area contributed by atoms with Crippen LogP contribution in [0.2, 0.25) is 0 Å². The van der Waals surface area contributed by atoms with Gasteiger partial charge in [-0.05, 0) is 42.0 Å². The van der Waals surface area contributed by atoms with E-state index in [0.717, 1.165) is 27.5 Å². The molecule has 0 radical (unpaired) electrons. The van der Waals surface area contributed by atoms with Crippen molar-refractivity contribution in [3.8, 4) is 5.75 Å². The molecular weight excluding hydrogens is 356 g/mol. The topological polar surface area (TPSA) is 55.6 Å². The molecule has 0 fully saturated rings. The van der Waals surface area contributed by atoms with Gasteiger partial charge in [-0.3, -0.25) is 4.79 Å². The molecule has 0 heterocycles. The number of nitrogens with two attached hydrogens (primary N) is 1. The Labute approximate surface area is 160 Å². The predicted molar refractivity (Wildman–Crippen MR) is 108 cm³/mol. The van der Waals surface area contributed by atoms with Crippen LogP contribution in [-0.2, 0) is 17.8 Å². The summed E-state index contributed by atoms with van der Waals surface area (Å²) in [6, 6.07) is 13.7. The minimum absolute atomic E-state index is 0. The summed E-state index contributed by atoms with van der Waals surface area (Å²) in [4.78, 5) is 15.2. The first-order valence-electron chi connectivity index (χ1n) is 7.83. The van der Waals surface area contributed by atoms with Crippen LogP contribution < -0.4 is 10.5 Å². The minimum Gasteiger partial charge on any atom is -0.496 e. The van der Waals surface area contributed by atoms with Crippen molar-refractivity contribution in [1.82, 2.24) is 4.90 Å². The number of carbonyl (C=O) groups is 1. The molecule has 0 unspecified atom stereocenters. The van der Waals surface area contributed by atoms with Crippen molar-refractivity contribution in [2.24, 2.45) is 0 Å². The van der Waals surface area contributed by atoms with E-state index in [2.05, 4.69) is 0 Å². The molecule has 0 bridgehead atoms. The molecule has 136 valence electrons. The van der Waals surface area contributed by atoms with Crippen molar-refractivity contribution in [2.45, 2.75) is 24.3 Å². The number of para-hydroxylation sites is 1. The summed E-state index contributed by atoms with van der Waals surface area (Å²) in [7, 11) is 3.49. The van der Waals surface area contributed by atoms with Gasteiger partial charge in [0.1, 0.15) is 5.75 Å². The number of nitrogens with zero attached hydrogens (tertiary/aromatic N) is 1. The third-order valence-corrected chi connectivity index (χ3v) is 4.73. The van der Waals surface area contributed by atoms with Crippen molar-refractivity contribution >= 4 is 35.8 Å². The van der Waals surface area contributed by atoms with Gasteiger partial charge in [-0.25, -0.2) is 0 Å². The van der Waals surface area contributed by atoms with Crippen LogP contribution in [0.4, 0.5) is 5.69 Å². The summed E-state index contributed by atoms with van der Waals surface area (Å²) in [5, 5.41) is 0. The predicted octanol–water partition coefficient (Wildman–Crippen LogP) is 4.01. The summed E-state index contributed by atoms with van der Waals surface area (Å²) >= 11 is 1.64. The Morgan fingerprint density at radius 1 is 1.24 bits per heavy atom. The van der Waals surface area contributed by atoms with Crippen molar-refractivity contribution in [1.29, 1.82) is 0 Å². The second kappa shape index (κ2) is 10.2. The number of rotatable bonds is 7. The lowest BCUT2D eigenvalue weighted by molar-refractivity contribution is -0.130. The van der Waals surface area contributed by atoms with E-state index in [0.29, 0.717) is 19.4 Å². The highest BCUT2D eigenvalue weighted by molar-refractivity contribution is 7.98. The van der Waals surface area contributed by atoms with Gasteiger partial charge in [-0.1, -0.05) is 24.3 Å². The maximum atomic E-state index is 12.4. The summed E-state index contributed by atoms with van der Waals surface area (Å²) < 4.78 is 5.40. The number of ether oxygens (including phenoxy) is 1. The van der Waals surface area contributed by atoms with Crippen LogP contribution in [0.3, 0.4) is 0 Å². The van der Waals surface area contributed by atoms with Gasteiger partial charge in [0.15, 0.2) is 0 Å². The van der Waals surface area contributed by atoms with E-state index in [1.54, 1.807) is 23.8 Å². The molecule has 0 aromatic heterocycles. The van der Waals surface area contributed by atoms with Gasteiger partial charge in [-0.2, -0.15) is 0 Å². The molecule has 2 aromatic carbocycles. The Bertz CT molecular complexity index is 710. The Balaban J connectivity index is 0.00000312. The average molecular weight is 381 g/mol. The molecule has 2 N–H and O–H groups in total. The van der Waals surface area contributed by atoms with Gasteiger partial charge in [0.2, 0.25) is 5.91 Å². The number of amides is 1. The average Bonchev–Trinajstić information content (AvgIpc) is 2.60. The van der Waals surface area contributed by atoms with E-state index in [1.807, 2.05) is 55.8 Å². The summed E-state index contributed by atoms with van der Waals surface area (Å²) in [5.74, 6) is 0.948. The first kappa shape index (κ1) is 21.2. The van der Waals surface area contributed by atoms with Crippen molar-refractivity contribution in [3.63, 3.8) is 0 Å². The number of thioether (sulfide) groups is 1. The Hall–Kier alpha value is -1.85. The fourth-order valence-corrected chi connectivity index (χ4v) is 3.08. The second-order valence-electron chi connectivity index (χ2n) is 5.64. The van der Waals surface area contributed by atoms with E-state index in [-0.39, 0.29) is 18.3 Å². The molecule has 2 aromatic rings. The van der Waals surface area contributed by atoms with Crippen molar-refractivity contribution in [2.75, 3.05) is 26.1 Å². The molecule has 0 aliphatic rings. The number of nitrogen functional groups attached to an aromatic ring is 1. The standard InChI is InChI=1S/C19H24N2O2S.ClH/c1-21(13-14-8-10-18(24-3)17(12-14)23-2)19(22)11-9-15-6-4-5-7-16(15)20;/h4-8,10,12H,9,11,13,20H2,1-3H3;1H. The van der Waals surface area contributed by atoms with Crippen molar-refractivity contribution in [3.05, 3.63) is 53.6 Å². The molecule has 0 atom stereocenters. The number of hydrogen-bond donors (Lipinski definition) is 1. The number of halogens is 1. The fraction of sp³-hybridized carbons (Fsp3) is 0.316. The minimum atomic E-state index is 0. The second-order valence-corrected chi connectivity index (χ2v) is 6.49. The first-order valence-corrected chi connectivity index (χ1v) is 9.06. The molecule has 0 aliphatic heterocycles. The van der Waals surface area contributed by atoms with Crippen LogP contribution in [0.15, 0.2) is 47.4 Å². The monoisotopic (exact) mass is 380 g/mol. The number of benzene rings is 2. The molecule has 0 aliphatic carbocycles. The van der Waals surface area contributed by atoms with Crippen LogP contribution in [-0.4, -0.2) is 31.2 Å². The first-order chi connectivity index (χ1) is 11.5. The number of aryl methyl sites for hydroxylation is 1. The van der Waals surface area contributed by atoms with Crippen LogP contribution in [0.25, 0.3) is 0 Å². The third-order valence-electron chi connectivity index (χ3n) is 3.96. The quantitative estimate of drug-likeness (QED) is 0.582. The highest BCUT2D eigenvalue weighted by Gasteiger charge is 2.12. The highest BCUT2D eigenvalue weighted by Crippen LogP contribution is 2.28. The van der Waals surface area contributed by atoms with Crippen LogP contribution in [0.5, 0.6) is 5.75 Å². The maximum Gasteiger partial charge on any atom is 0.222 e. The molecule has 0 spiro atoms. The molecule has 2 rings (SSSR count). The highest BCUT2D eigenvalue weighted by atomic mass is 35.5. The summed E-state index contributed by atoms with van der Waals surface area (Å²) in [6.45, 7) is 0.564. The Kier molecular flexibility index (Phi) is 8.66. The zero-order valence-corrected chi connectivity index (χ0v) is 16.5. The number of methoxy groups -OCH3 is 1. The van der Waals surface area contributed by atoms with Gasteiger partial charge < -0.3 is 15.4 Å². The lowest BCUT2D eigenvalue weighted by Crippen LogP contribution is -2.26. The lowest BCUT2D eigenvalue weighted by Gasteiger charge is -2.18. The van der Waals surface area contributed by atoms with Crippen LogP contribution in [0, 0.1) is 0 Å². The van der Waals surface area contributed by atoms with E-state index < -0.39 is 0 Å². The van der Waals surface area contributed by atoms with Gasteiger partial charge >= 0.3 is 0 Å². The van der Waals surface area contributed by atoms with E-state index in [4.69, 9.17) is 10.5 Å². The lowest BCUT2D eigenvalue weighted by atomic mass is 10.1. The molecule has 4 nitrogen and oxygen atoms in total. The van der Waals surface area contributed by atoms with Gasteiger partial charge in [0.25, 0.3) is 0 Å². The Morgan fingerprint density at radius 3 is 2.60 bits per heavy atom. The SMILES string of the molecule is COc1cc(CN(C)C(=O)CCc2ccccc2N)ccc1SC.Cl. The molecular formula is C19H25ClN2O2S. The molecule has 0 saturated carbocycles. The molecule has 0 saturated heterocycles. The van der Waals surface area contributed by atoms with Gasteiger partial charge in [-0.15, -0.1) is 24.2 Å². The van der Waals surface area contributed by atoms with Crippen LogP contribution >= 0.6 is 24.2 Å². The number of anilines is 1. The van der Waals surface area contributed by atoms with E-state index >= 15 is 0 Å². The van der Waals surface area contributed by atoms with E-state index in [9.17, 15) is 4.79 Å². The normalized spacial score (nSPS) is 10.0. The maximum absolute atomic E-state index is 12.4. The van der Waals surface area contributed by atoms with Gasteiger partial charge in [0.05, 0.1) is 7.11 Å². The molecule has 6 heteroatoms. The molecule has 25 heavy (non-hydrogen) atoms. The molecule has 1 amide bonds. The van der Waals surface area contributed by atoms with Crippen molar-refractivity contribution < 1.29 is 9.53 Å². The van der Waals surface area contributed by atoms with Crippen LogP contribution in [0.1, 0.15) is 17.5 Å². The number of carbonyl (C=O) groups excluding carboxylic acids is 1. The smallest absolute Gasteiger partial charge is 0.222 e. The summed E-state index contributed by atoms with van der Waals surface area (Å²) in [5.41, 5.74) is 8.74. The fourth-order valence-electron chi connectivity index (χ4n) is 2.54. The zero-order valence-electron chi connectivity index (χ0n) is 14.8. The third kappa shape index (κ3) is 5.87. The summed E-state index contributed by atoms with van der Waals surface area (Å²) in [6.07, 6.45) is 3.12. The number of hydrogen-bond acceptors (Lipinski definition) is 4. The van der Waals surface area contributed by atoms with Gasteiger partial charge in [0, 0.05) is 30.6 Å². The van der Waals surface area contributed by atoms with E-state index in [1.165, 1.54) is 0 Å². The largest absolute Gasteiger partial charge is 0.496 e. The Morgan fingerprint density at radius 2 is 1.96 bits per heavy atom. The zero-order chi connectivity index (χ0) is 17.5.